The lowest BCUT2D eigenvalue weighted by Crippen LogP contribution is -2.46. The van der Waals surface area contributed by atoms with Gasteiger partial charge in [0.25, 0.3) is 0 Å². The molecule has 0 bridgehead atoms. The smallest absolute Gasteiger partial charge is 0.330 e. The van der Waals surface area contributed by atoms with E-state index in [1.807, 2.05) is 49.4 Å². The molecule has 0 amide bonds. The molecule has 4 aromatic rings. The zero-order valence-corrected chi connectivity index (χ0v) is 21.9. The van der Waals surface area contributed by atoms with Crippen LogP contribution in [0.2, 0.25) is 0 Å². The number of carboxylic acid groups (broad SMARTS) is 1. The minimum atomic E-state index is -1.28. The molecule has 4 N–H and O–H groups in total. The van der Waals surface area contributed by atoms with E-state index in [-0.39, 0.29) is 18.8 Å². The van der Waals surface area contributed by atoms with E-state index < -0.39 is 35.6 Å². The Bertz CT molecular complexity index is 1390. The number of aryl methyl sites for hydroxylation is 2. The van der Waals surface area contributed by atoms with Crippen LogP contribution in [0.4, 0.5) is 8.78 Å². The summed E-state index contributed by atoms with van der Waals surface area (Å²) in [5, 5.41) is 26.1. The molecule has 4 rings (SSSR count). The molecule has 1 heterocycles. The van der Waals surface area contributed by atoms with Gasteiger partial charge in [0.05, 0.1) is 0 Å². The molecule has 0 fully saturated rings. The number of carbonyl (C=O) groups is 1. The maximum atomic E-state index is 13.9. The van der Waals surface area contributed by atoms with Crippen LogP contribution in [0.3, 0.4) is 0 Å². The molecule has 0 aliphatic rings. The number of benzene rings is 3. The highest BCUT2D eigenvalue weighted by Crippen LogP contribution is 2.24. The summed E-state index contributed by atoms with van der Waals surface area (Å²) in [7, 11) is 0. The zero-order chi connectivity index (χ0) is 27.9. The van der Waals surface area contributed by atoms with Crippen LogP contribution in [0.15, 0.2) is 66.7 Å². The Morgan fingerprint density at radius 3 is 2.38 bits per heavy atom. The van der Waals surface area contributed by atoms with Crippen molar-refractivity contribution in [2.45, 2.75) is 45.3 Å². The van der Waals surface area contributed by atoms with Crippen molar-refractivity contribution in [3.05, 3.63) is 101 Å². The predicted octanol–water partition coefficient (Wildman–Crippen LogP) is 4.09. The summed E-state index contributed by atoms with van der Waals surface area (Å²) in [4.78, 5) is 13.6. The van der Waals surface area contributed by atoms with Crippen molar-refractivity contribution in [3.8, 4) is 11.4 Å². The van der Waals surface area contributed by atoms with Gasteiger partial charge in [-0.2, -0.15) is 0 Å². The second kappa shape index (κ2) is 12.7. The number of aromatic nitrogens is 4. The summed E-state index contributed by atoms with van der Waals surface area (Å²) >= 11 is 0. The second-order valence-electron chi connectivity index (χ2n) is 9.70. The van der Waals surface area contributed by atoms with Gasteiger partial charge >= 0.3 is 5.97 Å². The Morgan fingerprint density at radius 2 is 1.72 bits per heavy atom. The zero-order valence-electron chi connectivity index (χ0n) is 21.9. The first-order valence-electron chi connectivity index (χ1n) is 12.8. The summed E-state index contributed by atoms with van der Waals surface area (Å²) in [5.41, 5.74) is 10.9. The number of nitrogens with two attached hydrogens (primary N) is 1. The molecule has 3 atom stereocenters. The molecule has 0 saturated carbocycles. The third-order valence-electron chi connectivity index (χ3n) is 6.70. The van der Waals surface area contributed by atoms with Crippen molar-refractivity contribution >= 4 is 5.97 Å². The fourth-order valence-electron chi connectivity index (χ4n) is 4.61. The van der Waals surface area contributed by atoms with Gasteiger partial charge in [-0.05, 0) is 53.8 Å². The van der Waals surface area contributed by atoms with Crippen LogP contribution in [0.25, 0.3) is 11.4 Å². The Balaban J connectivity index is 1.61. The standard InChI is InChI=1S/C29H32F2N6O2/c1-3-19-5-4-6-20(11-19)16-33-17-25(26(32)14-21-12-23(30)15-24(31)13-21)27(29(38)39)37-35-28(34-36-37)22-9-7-18(2)8-10-22/h4-13,15,25-27,33H,3,14,16-17,32H2,1-2H3,(H,38,39)/t25?,26?,27-/m0/s1. The Labute approximate surface area is 225 Å². The van der Waals surface area contributed by atoms with Crippen LogP contribution in [0, 0.1) is 24.5 Å². The molecule has 0 radical (unpaired) electrons. The van der Waals surface area contributed by atoms with Crippen LogP contribution in [0.5, 0.6) is 0 Å². The third-order valence-corrected chi connectivity index (χ3v) is 6.70. The highest BCUT2D eigenvalue weighted by atomic mass is 19.1. The molecule has 0 spiro atoms. The lowest BCUT2D eigenvalue weighted by atomic mass is 9.87. The van der Waals surface area contributed by atoms with E-state index in [9.17, 15) is 18.7 Å². The number of aliphatic carboxylic acids is 1. The molecule has 2 unspecified atom stereocenters. The first-order chi connectivity index (χ1) is 18.7. The van der Waals surface area contributed by atoms with Crippen molar-refractivity contribution in [1.29, 1.82) is 0 Å². The van der Waals surface area contributed by atoms with Crippen LogP contribution in [0.1, 0.15) is 35.2 Å². The van der Waals surface area contributed by atoms with Gasteiger partial charge in [0.15, 0.2) is 6.04 Å². The quantitative estimate of drug-likeness (QED) is 0.250. The van der Waals surface area contributed by atoms with Gasteiger partial charge in [0, 0.05) is 36.7 Å². The predicted molar refractivity (Wildman–Crippen MR) is 144 cm³/mol. The topological polar surface area (TPSA) is 119 Å². The molecular formula is C29H32F2N6O2. The molecule has 3 aromatic carbocycles. The first kappa shape index (κ1) is 28.0. The van der Waals surface area contributed by atoms with Crippen LogP contribution in [-0.4, -0.2) is 43.9 Å². The van der Waals surface area contributed by atoms with Gasteiger partial charge in [-0.15, -0.1) is 15.0 Å². The average Bonchev–Trinajstić information content (AvgIpc) is 3.37. The van der Waals surface area contributed by atoms with E-state index in [2.05, 4.69) is 33.7 Å². The molecule has 0 aliphatic carbocycles. The Morgan fingerprint density at radius 1 is 1.03 bits per heavy atom. The van der Waals surface area contributed by atoms with Crippen molar-refractivity contribution in [3.63, 3.8) is 0 Å². The summed E-state index contributed by atoms with van der Waals surface area (Å²) < 4.78 is 27.7. The molecule has 1 aromatic heterocycles. The third kappa shape index (κ3) is 7.30. The normalized spacial score (nSPS) is 13.7. The van der Waals surface area contributed by atoms with Crippen LogP contribution < -0.4 is 11.1 Å². The number of rotatable bonds is 12. The number of hydrogen-bond acceptors (Lipinski definition) is 6. The number of halogens is 2. The SMILES string of the molecule is CCc1cccc(CNCC(C(N)Cc2cc(F)cc(F)c2)[C@@H](C(=O)O)n2nnc(-c3ccc(C)cc3)n2)c1. The van der Waals surface area contributed by atoms with Crippen molar-refractivity contribution in [2.24, 2.45) is 11.7 Å². The highest BCUT2D eigenvalue weighted by molar-refractivity contribution is 5.72. The van der Waals surface area contributed by atoms with Gasteiger partial charge in [-0.25, -0.2) is 13.6 Å². The van der Waals surface area contributed by atoms with Crippen molar-refractivity contribution in [1.82, 2.24) is 25.5 Å². The van der Waals surface area contributed by atoms with Gasteiger partial charge < -0.3 is 16.2 Å². The number of nitrogens with zero attached hydrogens (tertiary/aromatic N) is 4. The summed E-state index contributed by atoms with van der Waals surface area (Å²) in [5.74, 6) is -3.10. The van der Waals surface area contributed by atoms with E-state index >= 15 is 0 Å². The molecular weight excluding hydrogens is 502 g/mol. The number of hydrogen-bond donors (Lipinski definition) is 3. The molecule has 10 heteroatoms. The Kier molecular flexibility index (Phi) is 9.11. The lowest BCUT2D eigenvalue weighted by molar-refractivity contribution is -0.144. The van der Waals surface area contributed by atoms with Gasteiger partial charge in [0.2, 0.25) is 5.82 Å². The summed E-state index contributed by atoms with van der Waals surface area (Å²) in [6.07, 6.45) is 0.948. The molecule has 0 saturated heterocycles. The van der Waals surface area contributed by atoms with Crippen molar-refractivity contribution < 1.29 is 18.7 Å². The maximum Gasteiger partial charge on any atom is 0.330 e. The molecule has 0 aliphatic heterocycles. The second-order valence-corrected chi connectivity index (χ2v) is 9.70. The van der Waals surface area contributed by atoms with Crippen molar-refractivity contribution in [2.75, 3.05) is 6.54 Å². The molecule has 8 nitrogen and oxygen atoms in total. The fraction of sp³-hybridized carbons (Fsp3) is 0.310. The summed E-state index contributed by atoms with van der Waals surface area (Å²) in [6.45, 7) is 4.70. The van der Waals surface area contributed by atoms with E-state index in [0.29, 0.717) is 17.7 Å². The highest BCUT2D eigenvalue weighted by Gasteiger charge is 2.36. The monoisotopic (exact) mass is 534 g/mol. The van der Waals surface area contributed by atoms with E-state index in [1.165, 1.54) is 17.7 Å². The van der Waals surface area contributed by atoms with Gasteiger partial charge in [-0.1, -0.05) is 61.0 Å². The molecule has 39 heavy (non-hydrogen) atoms. The number of nitrogens with one attached hydrogen (secondary N) is 1. The van der Waals surface area contributed by atoms with E-state index in [1.54, 1.807) is 0 Å². The fourth-order valence-corrected chi connectivity index (χ4v) is 4.61. The minimum Gasteiger partial charge on any atom is -0.480 e. The first-order valence-corrected chi connectivity index (χ1v) is 12.8. The molecule has 204 valence electrons. The number of tetrazole rings is 1. The summed E-state index contributed by atoms with van der Waals surface area (Å²) in [6, 6.07) is 16.7. The average molecular weight is 535 g/mol. The van der Waals surface area contributed by atoms with Gasteiger partial charge in [0.1, 0.15) is 11.6 Å². The lowest BCUT2D eigenvalue weighted by Gasteiger charge is -2.29. The maximum absolute atomic E-state index is 13.9. The van der Waals surface area contributed by atoms with E-state index in [0.717, 1.165) is 28.4 Å². The Hall–Kier alpha value is -4.02. The van der Waals surface area contributed by atoms with Crippen LogP contribution in [-0.2, 0) is 24.2 Å². The minimum absolute atomic E-state index is 0.0512. The largest absolute Gasteiger partial charge is 0.480 e. The van der Waals surface area contributed by atoms with Crippen LogP contribution >= 0.6 is 0 Å². The number of carboxylic acids is 1. The van der Waals surface area contributed by atoms with Gasteiger partial charge in [-0.3, -0.25) is 0 Å². The van der Waals surface area contributed by atoms with E-state index in [4.69, 9.17) is 5.73 Å².